The topological polar surface area (TPSA) is 51.6 Å². The monoisotopic (exact) mass is 164 g/mol. The van der Waals surface area contributed by atoms with Gasteiger partial charge in [-0.3, -0.25) is 0 Å². The maximum Gasteiger partial charge on any atom is 0.106 e. The van der Waals surface area contributed by atoms with Crippen LogP contribution >= 0.6 is 11.5 Å². The van der Waals surface area contributed by atoms with E-state index in [9.17, 15) is 0 Å². The summed E-state index contributed by atoms with van der Waals surface area (Å²) in [6, 6.07) is 3.71. The largest absolute Gasteiger partial charge is 0.159 e. The van der Waals surface area contributed by atoms with Crippen LogP contribution < -0.4 is 0 Å². The van der Waals surface area contributed by atoms with E-state index in [0.29, 0.717) is 0 Å². The predicted octanol–water partition coefficient (Wildman–Crippen LogP) is 0.995. The van der Waals surface area contributed by atoms with Crippen molar-refractivity contribution in [3.8, 4) is 10.6 Å². The highest BCUT2D eigenvalue weighted by Crippen LogP contribution is 2.16. The highest BCUT2D eigenvalue weighted by Gasteiger charge is 1.99. The van der Waals surface area contributed by atoms with Crippen molar-refractivity contribution in [1.29, 1.82) is 0 Å². The molecule has 0 amide bonds. The van der Waals surface area contributed by atoms with Crippen LogP contribution in [0.15, 0.2) is 24.5 Å². The lowest BCUT2D eigenvalue weighted by Crippen LogP contribution is -1.81. The van der Waals surface area contributed by atoms with Crippen molar-refractivity contribution in [2.45, 2.75) is 0 Å². The first-order valence-corrected chi connectivity index (χ1v) is 3.79. The Kier molecular flexibility index (Phi) is 1.57. The average molecular weight is 164 g/mol. The van der Waals surface area contributed by atoms with Gasteiger partial charge >= 0.3 is 0 Å². The Morgan fingerprint density at radius 2 is 2.27 bits per heavy atom. The molecule has 0 aliphatic carbocycles. The molecule has 0 aliphatic heterocycles. The van der Waals surface area contributed by atoms with E-state index in [1.54, 1.807) is 12.4 Å². The maximum atomic E-state index is 3.90. The molecule has 2 rings (SSSR count). The summed E-state index contributed by atoms with van der Waals surface area (Å²) in [5.74, 6) is 0. The fourth-order valence-electron chi connectivity index (χ4n) is 0.713. The molecule has 4 nitrogen and oxygen atoms in total. The zero-order valence-corrected chi connectivity index (χ0v) is 6.32. The zero-order valence-electron chi connectivity index (χ0n) is 5.51. The lowest BCUT2D eigenvalue weighted by Gasteiger charge is -1.88. The first-order valence-electron chi connectivity index (χ1n) is 3.02. The number of aromatic nitrogens is 4. The SMILES string of the molecule is c1cnnc(-c2cnns2)c1. The molecule has 54 valence electrons. The summed E-state index contributed by atoms with van der Waals surface area (Å²) >= 11 is 1.31. The fraction of sp³-hybridized carbons (Fsp3) is 0. The van der Waals surface area contributed by atoms with Crippen LogP contribution in [0.4, 0.5) is 0 Å². The minimum Gasteiger partial charge on any atom is -0.159 e. The number of nitrogens with zero attached hydrogens (tertiary/aromatic N) is 4. The van der Waals surface area contributed by atoms with Crippen LogP contribution in [0.2, 0.25) is 0 Å². The van der Waals surface area contributed by atoms with Crippen molar-refractivity contribution >= 4 is 11.5 Å². The van der Waals surface area contributed by atoms with Gasteiger partial charge in [-0.25, -0.2) is 0 Å². The van der Waals surface area contributed by atoms with Gasteiger partial charge in [0.15, 0.2) is 0 Å². The van der Waals surface area contributed by atoms with Crippen molar-refractivity contribution in [3.63, 3.8) is 0 Å². The Labute approximate surface area is 67.1 Å². The lowest BCUT2D eigenvalue weighted by atomic mass is 10.3. The van der Waals surface area contributed by atoms with Crippen molar-refractivity contribution in [3.05, 3.63) is 24.5 Å². The maximum absolute atomic E-state index is 3.90. The molecule has 0 bridgehead atoms. The predicted molar refractivity (Wildman–Crippen MR) is 40.9 cm³/mol. The van der Waals surface area contributed by atoms with E-state index in [0.717, 1.165) is 10.6 Å². The van der Waals surface area contributed by atoms with Crippen molar-refractivity contribution in [2.24, 2.45) is 0 Å². The Morgan fingerprint density at radius 3 is 2.91 bits per heavy atom. The summed E-state index contributed by atoms with van der Waals surface area (Å²) in [5, 5.41) is 11.3. The Hall–Kier alpha value is -1.36. The zero-order chi connectivity index (χ0) is 7.52. The van der Waals surface area contributed by atoms with E-state index in [-0.39, 0.29) is 0 Å². The second kappa shape index (κ2) is 2.71. The first-order chi connectivity index (χ1) is 5.47. The molecule has 0 aliphatic rings. The van der Waals surface area contributed by atoms with Crippen LogP contribution in [0.25, 0.3) is 10.6 Å². The second-order valence-electron chi connectivity index (χ2n) is 1.89. The van der Waals surface area contributed by atoms with E-state index in [1.807, 2.05) is 12.1 Å². The summed E-state index contributed by atoms with van der Waals surface area (Å²) in [6.07, 6.45) is 3.31. The van der Waals surface area contributed by atoms with E-state index >= 15 is 0 Å². The standard InChI is InChI=1S/C6H4N4S/c1-2-5(9-7-3-1)6-4-8-10-11-6/h1-4H. The third kappa shape index (κ3) is 1.22. The van der Waals surface area contributed by atoms with Crippen molar-refractivity contribution in [2.75, 3.05) is 0 Å². The lowest BCUT2D eigenvalue weighted by molar-refractivity contribution is 1.04. The molecule has 2 aromatic heterocycles. The molecular weight excluding hydrogens is 160 g/mol. The molecule has 11 heavy (non-hydrogen) atoms. The van der Waals surface area contributed by atoms with E-state index < -0.39 is 0 Å². The van der Waals surface area contributed by atoms with Gasteiger partial charge < -0.3 is 0 Å². The van der Waals surface area contributed by atoms with Gasteiger partial charge in [0.25, 0.3) is 0 Å². The first kappa shape index (κ1) is 6.36. The highest BCUT2D eigenvalue weighted by atomic mass is 32.1. The Bertz CT molecular complexity index is 318. The molecule has 0 atom stereocenters. The van der Waals surface area contributed by atoms with Crippen LogP contribution in [-0.2, 0) is 0 Å². The summed E-state index contributed by atoms with van der Waals surface area (Å²) in [5.41, 5.74) is 0.822. The van der Waals surface area contributed by atoms with Gasteiger partial charge in [-0.2, -0.15) is 5.10 Å². The molecule has 0 saturated carbocycles. The molecule has 0 fully saturated rings. The van der Waals surface area contributed by atoms with Crippen LogP contribution in [0, 0.1) is 0 Å². The van der Waals surface area contributed by atoms with Gasteiger partial charge in [-0.05, 0) is 23.7 Å². The van der Waals surface area contributed by atoms with Gasteiger partial charge in [0.2, 0.25) is 0 Å². The molecule has 0 saturated heterocycles. The summed E-state index contributed by atoms with van der Waals surface area (Å²) in [6.45, 7) is 0. The Balaban J connectivity index is 2.46. The number of hydrogen-bond donors (Lipinski definition) is 0. The smallest absolute Gasteiger partial charge is 0.106 e. The minimum absolute atomic E-state index is 0.822. The van der Waals surface area contributed by atoms with Crippen LogP contribution in [-0.4, -0.2) is 19.8 Å². The molecule has 0 unspecified atom stereocenters. The Morgan fingerprint density at radius 1 is 1.27 bits per heavy atom. The fourth-order valence-corrected chi connectivity index (χ4v) is 1.19. The minimum atomic E-state index is 0.822. The second-order valence-corrected chi connectivity index (χ2v) is 2.68. The molecule has 5 heteroatoms. The van der Waals surface area contributed by atoms with E-state index in [2.05, 4.69) is 19.8 Å². The number of hydrogen-bond acceptors (Lipinski definition) is 5. The van der Waals surface area contributed by atoms with E-state index in [1.165, 1.54) is 11.5 Å². The highest BCUT2D eigenvalue weighted by molar-refractivity contribution is 7.09. The van der Waals surface area contributed by atoms with Crippen LogP contribution in [0.3, 0.4) is 0 Å². The van der Waals surface area contributed by atoms with E-state index in [4.69, 9.17) is 0 Å². The van der Waals surface area contributed by atoms with Crippen LogP contribution in [0.5, 0.6) is 0 Å². The van der Waals surface area contributed by atoms with Crippen molar-refractivity contribution in [1.82, 2.24) is 19.8 Å². The molecule has 0 N–H and O–H groups in total. The van der Waals surface area contributed by atoms with Crippen molar-refractivity contribution < 1.29 is 0 Å². The number of rotatable bonds is 1. The quantitative estimate of drug-likeness (QED) is 0.630. The molecule has 2 aromatic rings. The van der Waals surface area contributed by atoms with Gasteiger partial charge in [-0.15, -0.1) is 10.2 Å². The molecule has 0 spiro atoms. The third-order valence-electron chi connectivity index (χ3n) is 1.19. The normalized spacial score (nSPS) is 9.82. The van der Waals surface area contributed by atoms with Gasteiger partial charge in [0.05, 0.1) is 11.1 Å². The molecule has 2 heterocycles. The van der Waals surface area contributed by atoms with Crippen LogP contribution in [0.1, 0.15) is 0 Å². The van der Waals surface area contributed by atoms with Gasteiger partial charge in [0.1, 0.15) is 5.69 Å². The average Bonchev–Trinajstić information content (AvgIpc) is 2.58. The summed E-state index contributed by atoms with van der Waals surface area (Å²) in [4.78, 5) is 0.943. The molecule has 0 radical (unpaired) electrons. The van der Waals surface area contributed by atoms with Gasteiger partial charge in [-0.1, -0.05) is 4.49 Å². The molecule has 0 aromatic carbocycles. The third-order valence-corrected chi connectivity index (χ3v) is 1.87. The summed E-state index contributed by atoms with van der Waals surface area (Å²) in [7, 11) is 0. The summed E-state index contributed by atoms with van der Waals surface area (Å²) < 4.78 is 3.72. The van der Waals surface area contributed by atoms with Gasteiger partial charge in [0, 0.05) is 6.20 Å². The molecular formula is C6H4N4S.